The fraction of sp³-hybridized carbons (Fsp3) is 0.600. The predicted octanol–water partition coefficient (Wildman–Crippen LogP) is 6.12. The Kier molecular flexibility index (Phi) is 7.15. The van der Waals surface area contributed by atoms with Crippen molar-refractivity contribution in [2.75, 3.05) is 13.6 Å². The van der Waals surface area contributed by atoms with Gasteiger partial charge in [0.05, 0.1) is 17.4 Å². The predicted molar refractivity (Wildman–Crippen MR) is 119 cm³/mol. The highest BCUT2D eigenvalue weighted by Crippen LogP contribution is 2.31. The van der Waals surface area contributed by atoms with Gasteiger partial charge >= 0.3 is 6.09 Å². The van der Waals surface area contributed by atoms with Crippen LogP contribution in [0.1, 0.15) is 69.0 Å². The third-order valence-electron chi connectivity index (χ3n) is 6.71. The van der Waals surface area contributed by atoms with E-state index >= 15 is 0 Å². The van der Waals surface area contributed by atoms with Crippen LogP contribution in [0.5, 0.6) is 5.75 Å². The van der Waals surface area contributed by atoms with Crippen LogP contribution in [0.4, 0.5) is 4.79 Å². The molecule has 2 aliphatic carbocycles. The molecule has 1 heterocycles. The molecule has 0 aliphatic heterocycles. The zero-order chi connectivity index (χ0) is 21.6. The zero-order valence-corrected chi connectivity index (χ0v) is 18.8. The summed E-state index contributed by atoms with van der Waals surface area (Å²) in [4.78, 5) is 14.1. The second-order valence-corrected chi connectivity index (χ2v) is 9.04. The van der Waals surface area contributed by atoms with E-state index in [1.54, 1.807) is 11.9 Å². The smallest absolute Gasteiger partial charge is 0.409 e. The lowest BCUT2D eigenvalue weighted by Gasteiger charge is -2.27. The molecule has 4 rings (SSSR count). The summed E-state index contributed by atoms with van der Waals surface area (Å²) in [7, 11) is 1.80. The first-order chi connectivity index (χ1) is 15.1. The first-order valence-electron chi connectivity index (χ1n) is 11.7. The molecule has 0 unspecified atom stereocenters. The highest BCUT2D eigenvalue weighted by atomic mass is 16.6. The van der Waals surface area contributed by atoms with Crippen LogP contribution < -0.4 is 4.74 Å². The average Bonchev–Trinajstić information content (AvgIpc) is 3.12. The SMILES string of the molecule is Cc1noc(-c2ccc(OC3CCCCC3)cc2)c1COC(=O)N(C)CCC1CCC1. The molecule has 0 bridgehead atoms. The summed E-state index contributed by atoms with van der Waals surface area (Å²) in [5.74, 6) is 2.30. The highest BCUT2D eigenvalue weighted by molar-refractivity contribution is 5.68. The molecule has 2 aromatic rings. The molecular weight excluding hydrogens is 392 g/mol. The molecule has 2 fully saturated rings. The number of ether oxygens (including phenoxy) is 2. The van der Waals surface area contributed by atoms with Crippen molar-refractivity contribution in [3.63, 3.8) is 0 Å². The van der Waals surface area contributed by atoms with Crippen molar-refractivity contribution < 1.29 is 18.8 Å². The minimum Gasteiger partial charge on any atom is -0.490 e. The van der Waals surface area contributed by atoms with E-state index in [1.807, 2.05) is 31.2 Å². The van der Waals surface area contributed by atoms with Gasteiger partial charge in [0.1, 0.15) is 12.4 Å². The van der Waals surface area contributed by atoms with E-state index in [4.69, 9.17) is 14.0 Å². The number of amides is 1. The average molecular weight is 427 g/mol. The number of hydrogen-bond donors (Lipinski definition) is 0. The molecule has 2 aliphatic rings. The van der Waals surface area contributed by atoms with Crippen LogP contribution in [0.15, 0.2) is 28.8 Å². The van der Waals surface area contributed by atoms with Gasteiger partial charge in [0.15, 0.2) is 5.76 Å². The third-order valence-corrected chi connectivity index (χ3v) is 6.71. The Morgan fingerprint density at radius 2 is 1.84 bits per heavy atom. The minimum absolute atomic E-state index is 0.150. The Balaban J connectivity index is 1.33. The Hall–Kier alpha value is -2.50. The largest absolute Gasteiger partial charge is 0.490 e. The molecule has 168 valence electrons. The molecule has 6 heteroatoms. The number of nitrogens with zero attached hydrogens (tertiary/aromatic N) is 2. The number of hydrogen-bond acceptors (Lipinski definition) is 5. The molecular formula is C25H34N2O4. The van der Waals surface area contributed by atoms with Gasteiger partial charge in [-0.15, -0.1) is 0 Å². The lowest BCUT2D eigenvalue weighted by atomic mass is 9.83. The molecule has 0 N–H and O–H groups in total. The standard InChI is InChI=1S/C25H34N2O4/c1-18-23(17-29-25(28)27(2)16-15-19-7-6-8-19)24(31-26-18)20-11-13-22(14-12-20)30-21-9-4-3-5-10-21/h11-14,19,21H,3-10,15-17H2,1-2H3. The molecule has 0 spiro atoms. The number of carbonyl (C=O) groups excluding carboxylic acids is 1. The number of benzene rings is 1. The lowest BCUT2D eigenvalue weighted by molar-refractivity contribution is 0.101. The van der Waals surface area contributed by atoms with Crippen LogP contribution in [0, 0.1) is 12.8 Å². The van der Waals surface area contributed by atoms with E-state index in [-0.39, 0.29) is 12.7 Å². The maximum absolute atomic E-state index is 12.4. The van der Waals surface area contributed by atoms with Crippen molar-refractivity contribution in [1.29, 1.82) is 0 Å². The second kappa shape index (κ2) is 10.2. The van der Waals surface area contributed by atoms with E-state index in [1.165, 1.54) is 38.5 Å². The van der Waals surface area contributed by atoms with Crippen molar-refractivity contribution in [1.82, 2.24) is 10.1 Å². The molecule has 0 saturated heterocycles. The summed E-state index contributed by atoms with van der Waals surface area (Å²) in [5.41, 5.74) is 2.45. The van der Waals surface area contributed by atoms with Gasteiger partial charge in [0.2, 0.25) is 0 Å². The van der Waals surface area contributed by atoms with Crippen LogP contribution in [0.25, 0.3) is 11.3 Å². The lowest BCUT2D eigenvalue weighted by Crippen LogP contribution is -2.30. The summed E-state index contributed by atoms with van der Waals surface area (Å²) < 4.78 is 17.2. The monoisotopic (exact) mass is 426 g/mol. The fourth-order valence-electron chi connectivity index (χ4n) is 4.34. The van der Waals surface area contributed by atoms with Gasteiger partial charge in [-0.2, -0.15) is 0 Å². The summed E-state index contributed by atoms with van der Waals surface area (Å²) >= 11 is 0. The summed E-state index contributed by atoms with van der Waals surface area (Å²) in [5, 5.41) is 4.10. The summed E-state index contributed by atoms with van der Waals surface area (Å²) in [6.45, 7) is 2.76. The number of aryl methyl sites for hydroxylation is 1. The van der Waals surface area contributed by atoms with Crippen LogP contribution in [-0.4, -0.2) is 35.8 Å². The topological polar surface area (TPSA) is 64.8 Å². The van der Waals surface area contributed by atoms with Gasteiger partial charge < -0.3 is 18.9 Å². The Morgan fingerprint density at radius 3 is 2.52 bits per heavy atom. The van der Waals surface area contributed by atoms with Crippen molar-refractivity contribution in [3.8, 4) is 17.1 Å². The van der Waals surface area contributed by atoms with Crippen molar-refractivity contribution in [3.05, 3.63) is 35.5 Å². The van der Waals surface area contributed by atoms with Crippen LogP contribution >= 0.6 is 0 Å². The number of carbonyl (C=O) groups is 1. The molecule has 0 atom stereocenters. The van der Waals surface area contributed by atoms with E-state index in [9.17, 15) is 4.79 Å². The van der Waals surface area contributed by atoms with Gasteiger partial charge in [-0.3, -0.25) is 0 Å². The summed E-state index contributed by atoms with van der Waals surface area (Å²) in [6.07, 6.45) is 11.0. The maximum atomic E-state index is 12.4. The third kappa shape index (κ3) is 5.60. The van der Waals surface area contributed by atoms with E-state index in [0.29, 0.717) is 11.9 Å². The van der Waals surface area contributed by atoms with Crippen molar-refractivity contribution in [2.24, 2.45) is 5.92 Å². The van der Waals surface area contributed by atoms with Crippen LogP contribution in [0.2, 0.25) is 0 Å². The van der Waals surface area contributed by atoms with Gasteiger partial charge in [-0.05, 0) is 69.2 Å². The van der Waals surface area contributed by atoms with Gasteiger partial charge in [-0.25, -0.2) is 4.79 Å². The highest BCUT2D eigenvalue weighted by Gasteiger charge is 2.21. The molecule has 6 nitrogen and oxygen atoms in total. The summed E-state index contributed by atoms with van der Waals surface area (Å²) in [6, 6.07) is 7.92. The van der Waals surface area contributed by atoms with Crippen molar-refractivity contribution >= 4 is 6.09 Å². The quantitative estimate of drug-likeness (QED) is 0.509. The van der Waals surface area contributed by atoms with Gasteiger partial charge in [0, 0.05) is 19.2 Å². The minimum atomic E-state index is -0.304. The number of rotatable bonds is 8. The molecule has 2 saturated carbocycles. The number of aromatic nitrogens is 1. The van der Waals surface area contributed by atoms with E-state index in [2.05, 4.69) is 5.16 Å². The zero-order valence-electron chi connectivity index (χ0n) is 18.8. The molecule has 31 heavy (non-hydrogen) atoms. The maximum Gasteiger partial charge on any atom is 0.409 e. The van der Waals surface area contributed by atoms with Crippen LogP contribution in [0.3, 0.4) is 0 Å². The second-order valence-electron chi connectivity index (χ2n) is 9.04. The molecule has 1 amide bonds. The van der Waals surface area contributed by atoms with Crippen molar-refractivity contribution in [2.45, 2.75) is 77.4 Å². The van der Waals surface area contributed by atoms with Crippen LogP contribution in [-0.2, 0) is 11.3 Å². The Morgan fingerprint density at radius 1 is 1.10 bits per heavy atom. The molecule has 1 aromatic heterocycles. The Bertz CT molecular complexity index is 851. The Labute approximate surface area is 184 Å². The first kappa shape index (κ1) is 21.7. The fourth-order valence-corrected chi connectivity index (χ4v) is 4.34. The normalized spacial score (nSPS) is 17.2. The van der Waals surface area contributed by atoms with E-state index in [0.717, 1.165) is 54.3 Å². The van der Waals surface area contributed by atoms with Gasteiger partial charge in [0.25, 0.3) is 0 Å². The first-order valence-corrected chi connectivity index (χ1v) is 11.7. The molecule has 0 radical (unpaired) electrons. The van der Waals surface area contributed by atoms with Gasteiger partial charge in [-0.1, -0.05) is 30.8 Å². The van der Waals surface area contributed by atoms with E-state index < -0.39 is 0 Å². The molecule has 1 aromatic carbocycles.